The lowest BCUT2D eigenvalue weighted by Gasteiger charge is -2.48. The van der Waals surface area contributed by atoms with Gasteiger partial charge in [0, 0.05) is 38.1 Å². The fourth-order valence-corrected chi connectivity index (χ4v) is 10.9. The second kappa shape index (κ2) is 14.7. The van der Waals surface area contributed by atoms with Gasteiger partial charge in [-0.05, 0) is 151 Å². The maximum Gasteiger partial charge on any atom is 0.252 e. The summed E-state index contributed by atoms with van der Waals surface area (Å²) in [7, 11) is 0. The highest BCUT2D eigenvalue weighted by Crippen LogP contribution is 2.52. The van der Waals surface area contributed by atoms with Gasteiger partial charge in [-0.25, -0.2) is 0 Å². The zero-order valence-corrected chi connectivity index (χ0v) is 38.1. The first-order chi connectivity index (χ1) is 32.0. The van der Waals surface area contributed by atoms with Crippen LogP contribution in [0.2, 0.25) is 0 Å². The van der Waals surface area contributed by atoms with Crippen molar-refractivity contribution < 1.29 is 4.11 Å². The van der Waals surface area contributed by atoms with Gasteiger partial charge in [-0.15, -0.1) is 0 Å². The molecular formula is C61H57BN2. The van der Waals surface area contributed by atoms with Crippen LogP contribution in [0, 0.1) is 6.85 Å². The van der Waals surface area contributed by atoms with Crippen LogP contribution in [0.4, 0.5) is 34.1 Å². The van der Waals surface area contributed by atoms with Gasteiger partial charge >= 0.3 is 0 Å². The summed E-state index contributed by atoms with van der Waals surface area (Å²) < 4.78 is 27.3. The highest BCUT2D eigenvalue weighted by atomic mass is 15.2. The molecular weight excluding hydrogens is 771 g/mol. The number of fused-ring (bicyclic) bond motifs is 5. The van der Waals surface area contributed by atoms with E-state index in [-0.39, 0.29) is 23.0 Å². The predicted octanol–water partition coefficient (Wildman–Crippen LogP) is 14.7. The Hall–Kier alpha value is -6.58. The summed E-state index contributed by atoms with van der Waals surface area (Å²) in [4.78, 5) is 4.77. The first-order valence-corrected chi connectivity index (χ1v) is 23.0. The second-order valence-electron chi connectivity index (χ2n) is 20.7. The van der Waals surface area contributed by atoms with E-state index in [1.807, 2.05) is 18.2 Å². The molecule has 0 atom stereocenters. The average Bonchev–Trinajstić information content (AvgIpc) is 3.32. The van der Waals surface area contributed by atoms with Crippen molar-refractivity contribution in [3.8, 4) is 33.4 Å². The van der Waals surface area contributed by atoms with Crippen LogP contribution in [0.3, 0.4) is 0 Å². The number of aryl methyl sites for hydroxylation is 1. The van der Waals surface area contributed by atoms with Crippen molar-refractivity contribution in [2.75, 3.05) is 9.80 Å². The van der Waals surface area contributed by atoms with Crippen LogP contribution in [-0.2, 0) is 16.2 Å². The molecule has 0 saturated heterocycles. The van der Waals surface area contributed by atoms with E-state index in [9.17, 15) is 0 Å². The third kappa shape index (κ3) is 6.54. The molecule has 2 aliphatic heterocycles. The molecule has 1 aliphatic carbocycles. The van der Waals surface area contributed by atoms with E-state index in [0.29, 0.717) is 5.56 Å². The van der Waals surface area contributed by atoms with Gasteiger partial charge in [-0.1, -0.05) is 176 Å². The minimum absolute atomic E-state index is 0.0432. The first kappa shape index (κ1) is 36.9. The van der Waals surface area contributed by atoms with Gasteiger partial charge in [0.1, 0.15) is 0 Å². The largest absolute Gasteiger partial charge is 0.311 e. The zero-order chi connectivity index (χ0) is 46.6. The lowest BCUT2D eigenvalue weighted by molar-refractivity contribution is 0.332. The Labute approximate surface area is 385 Å². The Bertz CT molecular complexity index is 3200. The molecule has 0 spiro atoms. The molecule has 0 fully saturated rings. The molecule has 0 saturated carbocycles. The van der Waals surface area contributed by atoms with Gasteiger partial charge in [0.2, 0.25) is 0 Å². The van der Waals surface area contributed by atoms with Crippen molar-refractivity contribution in [1.82, 2.24) is 0 Å². The SMILES string of the molecule is [2H]C([2H])([2H])c1cc2c3c(c1)N(c1ccc(C(C)(C)C)cc1-c1ccccc1)c1cc4c(cc1B3c1cc(-c3ccccc3)ccc1N2c1ccc(-c2ccccc2)cc1)C(C)(C)CCC4(C)C. The normalized spacial score (nSPS) is 16.4. The molecule has 2 heterocycles. The predicted molar refractivity (Wildman–Crippen MR) is 275 cm³/mol. The van der Waals surface area contributed by atoms with Crippen LogP contribution in [-0.4, -0.2) is 6.71 Å². The maximum absolute atomic E-state index is 9.10. The van der Waals surface area contributed by atoms with Crippen molar-refractivity contribution in [3.05, 3.63) is 198 Å². The molecule has 0 aromatic heterocycles. The molecule has 0 amide bonds. The highest BCUT2D eigenvalue weighted by Gasteiger charge is 2.47. The minimum Gasteiger partial charge on any atom is -0.311 e. The van der Waals surface area contributed by atoms with Crippen molar-refractivity contribution in [1.29, 1.82) is 0 Å². The third-order valence-corrected chi connectivity index (χ3v) is 14.6. The summed E-state index contributed by atoms with van der Waals surface area (Å²) in [5, 5.41) is 0. The zero-order valence-electron chi connectivity index (χ0n) is 41.1. The molecule has 8 aromatic carbocycles. The van der Waals surface area contributed by atoms with E-state index in [1.54, 1.807) is 0 Å². The standard InChI is InChI=1S/C61H57BN2/c1-40-34-56-58-57(35-40)64(53-31-27-46(59(2,3)4)37-48(53)44-22-16-11-17-23-44)55-39-50-49(60(5,6)32-33-61(50,7)8)38-52(55)62(58)51-36-45(42-20-14-10-15-21-42)26-30-54(51)63(56)47-28-24-43(25-29-47)41-18-12-9-13-19-41/h9-31,34-39H,32-33H2,1-8H3/i1D3. The number of anilines is 6. The molecule has 0 radical (unpaired) electrons. The lowest BCUT2D eigenvalue weighted by Crippen LogP contribution is -2.62. The van der Waals surface area contributed by atoms with E-state index in [0.717, 1.165) is 85.8 Å². The molecule has 3 aliphatic rings. The van der Waals surface area contributed by atoms with Crippen LogP contribution in [0.5, 0.6) is 0 Å². The van der Waals surface area contributed by atoms with Gasteiger partial charge in [0.25, 0.3) is 6.71 Å². The minimum atomic E-state index is -2.38. The van der Waals surface area contributed by atoms with E-state index in [4.69, 9.17) is 4.11 Å². The van der Waals surface area contributed by atoms with Gasteiger partial charge in [0.05, 0.1) is 5.69 Å². The summed E-state index contributed by atoms with van der Waals surface area (Å²) in [6, 6.07) is 63.5. The topological polar surface area (TPSA) is 6.48 Å². The molecule has 8 aromatic rings. The summed E-state index contributed by atoms with van der Waals surface area (Å²) in [6.45, 7) is 13.9. The lowest BCUT2D eigenvalue weighted by atomic mass is 9.33. The quantitative estimate of drug-likeness (QED) is 0.159. The summed E-state index contributed by atoms with van der Waals surface area (Å²) >= 11 is 0. The van der Waals surface area contributed by atoms with E-state index < -0.39 is 6.85 Å². The summed E-state index contributed by atoms with van der Waals surface area (Å²) in [5.74, 6) is 0. The Balaban J connectivity index is 1.28. The second-order valence-corrected chi connectivity index (χ2v) is 20.7. The molecule has 0 N–H and O–H groups in total. The van der Waals surface area contributed by atoms with Crippen LogP contribution in [0.25, 0.3) is 33.4 Å². The van der Waals surface area contributed by atoms with Crippen LogP contribution in [0.15, 0.2) is 176 Å². The van der Waals surface area contributed by atoms with Gasteiger partial charge in [-0.3, -0.25) is 0 Å². The van der Waals surface area contributed by atoms with Gasteiger partial charge < -0.3 is 9.80 Å². The monoisotopic (exact) mass is 831 g/mol. The molecule has 2 nitrogen and oxygen atoms in total. The molecule has 64 heavy (non-hydrogen) atoms. The maximum atomic E-state index is 9.10. The van der Waals surface area contributed by atoms with Gasteiger partial charge in [-0.2, -0.15) is 0 Å². The Morgan fingerprint density at radius 2 is 0.984 bits per heavy atom. The Morgan fingerprint density at radius 1 is 0.469 bits per heavy atom. The van der Waals surface area contributed by atoms with Crippen molar-refractivity contribution in [2.24, 2.45) is 0 Å². The van der Waals surface area contributed by atoms with E-state index in [1.165, 1.54) is 27.6 Å². The number of rotatable bonds is 5. The number of hydrogen-bond donors (Lipinski definition) is 0. The van der Waals surface area contributed by atoms with Crippen LogP contribution in [0.1, 0.15) is 87.7 Å². The van der Waals surface area contributed by atoms with E-state index >= 15 is 0 Å². The Morgan fingerprint density at radius 3 is 1.59 bits per heavy atom. The number of hydrogen-bond acceptors (Lipinski definition) is 2. The fraction of sp³-hybridized carbons (Fsp3) is 0.213. The summed E-state index contributed by atoms with van der Waals surface area (Å²) in [5.41, 5.74) is 20.4. The highest BCUT2D eigenvalue weighted by molar-refractivity contribution is 7.00. The van der Waals surface area contributed by atoms with Crippen molar-refractivity contribution in [3.63, 3.8) is 0 Å². The average molecular weight is 832 g/mol. The number of nitrogens with zero attached hydrogens (tertiary/aromatic N) is 2. The first-order valence-electron chi connectivity index (χ1n) is 24.5. The van der Waals surface area contributed by atoms with Crippen LogP contribution < -0.4 is 26.2 Å². The summed E-state index contributed by atoms with van der Waals surface area (Å²) in [6.07, 6.45) is 2.17. The molecule has 314 valence electrons. The fourth-order valence-electron chi connectivity index (χ4n) is 10.9. The molecule has 11 rings (SSSR count). The van der Waals surface area contributed by atoms with Crippen molar-refractivity contribution >= 4 is 57.2 Å². The van der Waals surface area contributed by atoms with Crippen molar-refractivity contribution in [2.45, 2.75) is 84.4 Å². The molecule has 0 bridgehead atoms. The molecule has 0 unspecified atom stereocenters. The Kier molecular flexibility index (Phi) is 8.49. The van der Waals surface area contributed by atoms with Gasteiger partial charge in [0.15, 0.2) is 0 Å². The van der Waals surface area contributed by atoms with Crippen LogP contribution >= 0.6 is 0 Å². The number of benzene rings is 8. The smallest absolute Gasteiger partial charge is 0.252 e. The third-order valence-electron chi connectivity index (χ3n) is 14.6. The van der Waals surface area contributed by atoms with E-state index in [2.05, 4.69) is 216 Å². The molecule has 3 heteroatoms.